The summed E-state index contributed by atoms with van der Waals surface area (Å²) in [4.78, 5) is 0. The zero-order chi connectivity index (χ0) is 15.1. The Morgan fingerprint density at radius 3 is 2.86 bits per heavy atom. The minimum absolute atomic E-state index is 0.140. The molecule has 1 aromatic rings. The van der Waals surface area contributed by atoms with E-state index in [0.29, 0.717) is 6.61 Å². The van der Waals surface area contributed by atoms with E-state index in [2.05, 4.69) is 43.4 Å². The number of nitrogens with one attached hydrogen (secondary N) is 1. The molecule has 1 N–H and O–H groups in total. The molecule has 2 rings (SSSR count). The summed E-state index contributed by atoms with van der Waals surface area (Å²) in [5.74, 6) is 0. The predicted molar refractivity (Wildman–Crippen MR) is 86.6 cm³/mol. The molecule has 0 fully saturated rings. The maximum absolute atomic E-state index is 6.31. The molecule has 1 aromatic carbocycles. The third-order valence-electron chi connectivity index (χ3n) is 4.08. The summed E-state index contributed by atoms with van der Waals surface area (Å²) in [5, 5.41) is 3.63. The van der Waals surface area contributed by atoms with Crippen molar-refractivity contribution >= 4 is 0 Å². The number of benzene rings is 1. The third-order valence-corrected chi connectivity index (χ3v) is 4.08. The van der Waals surface area contributed by atoms with Gasteiger partial charge >= 0.3 is 0 Å². The van der Waals surface area contributed by atoms with Crippen molar-refractivity contribution < 1.29 is 9.47 Å². The van der Waals surface area contributed by atoms with E-state index in [0.717, 1.165) is 26.0 Å². The normalized spacial score (nSPS) is 23.4. The monoisotopic (exact) mass is 291 g/mol. The molecule has 0 radical (unpaired) electrons. The molecule has 3 heteroatoms. The summed E-state index contributed by atoms with van der Waals surface area (Å²) in [6.45, 7) is 8.67. The SMILES string of the molecule is CCNC1c2ccccc2CCCC1OC(C)COCC. The van der Waals surface area contributed by atoms with Crippen molar-refractivity contribution in [2.75, 3.05) is 19.8 Å². The average molecular weight is 291 g/mol. The minimum atomic E-state index is 0.140. The topological polar surface area (TPSA) is 30.5 Å². The van der Waals surface area contributed by atoms with Crippen LogP contribution in [0.2, 0.25) is 0 Å². The van der Waals surface area contributed by atoms with Crippen LogP contribution in [0.4, 0.5) is 0 Å². The van der Waals surface area contributed by atoms with Crippen molar-refractivity contribution in [3.8, 4) is 0 Å². The van der Waals surface area contributed by atoms with E-state index in [-0.39, 0.29) is 18.2 Å². The van der Waals surface area contributed by atoms with Crippen molar-refractivity contribution in [2.24, 2.45) is 0 Å². The van der Waals surface area contributed by atoms with E-state index in [1.807, 2.05) is 6.92 Å². The van der Waals surface area contributed by atoms with Gasteiger partial charge in [-0.1, -0.05) is 31.2 Å². The maximum Gasteiger partial charge on any atom is 0.0785 e. The van der Waals surface area contributed by atoms with Crippen LogP contribution in [0, 0.1) is 0 Å². The van der Waals surface area contributed by atoms with Gasteiger partial charge < -0.3 is 14.8 Å². The molecular weight excluding hydrogens is 262 g/mol. The van der Waals surface area contributed by atoms with Gasteiger partial charge in [-0.15, -0.1) is 0 Å². The van der Waals surface area contributed by atoms with Crippen LogP contribution in [0.15, 0.2) is 24.3 Å². The zero-order valence-electron chi connectivity index (χ0n) is 13.6. The molecule has 0 saturated carbocycles. The second-order valence-corrected chi connectivity index (χ2v) is 5.77. The Labute approximate surface area is 129 Å². The van der Waals surface area contributed by atoms with Crippen LogP contribution in [0.3, 0.4) is 0 Å². The smallest absolute Gasteiger partial charge is 0.0785 e. The van der Waals surface area contributed by atoms with E-state index >= 15 is 0 Å². The van der Waals surface area contributed by atoms with Gasteiger partial charge in [-0.2, -0.15) is 0 Å². The van der Waals surface area contributed by atoms with Gasteiger partial charge in [-0.3, -0.25) is 0 Å². The van der Waals surface area contributed by atoms with Crippen LogP contribution >= 0.6 is 0 Å². The van der Waals surface area contributed by atoms with E-state index in [1.54, 1.807) is 0 Å². The number of hydrogen-bond donors (Lipinski definition) is 1. The summed E-state index contributed by atoms with van der Waals surface area (Å²) in [5.41, 5.74) is 2.87. The van der Waals surface area contributed by atoms with Crippen molar-refractivity contribution in [3.05, 3.63) is 35.4 Å². The Kier molecular flexibility index (Phi) is 6.68. The molecule has 3 nitrogen and oxygen atoms in total. The van der Waals surface area contributed by atoms with Crippen molar-refractivity contribution in [3.63, 3.8) is 0 Å². The number of hydrogen-bond acceptors (Lipinski definition) is 3. The van der Waals surface area contributed by atoms with Gasteiger partial charge in [-0.05, 0) is 50.8 Å². The summed E-state index contributed by atoms with van der Waals surface area (Å²) in [6, 6.07) is 9.07. The lowest BCUT2D eigenvalue weighted by Gasteiger charge is -2.30. The molecule has 0 heterocycles. The van der Waals surface area contributed by atoms with Crippen molar-refractivity contribution in [1.29, 1.82) is 0 Å². The number of ether oxygens (including phenoxy) is 2. The van der Waals surface area contributed by atoms with Crippen LogP contribution in [-0.2, 0) is 15.9 Å². The first-order valence-electron chi connectivity index (χ1n) is 8.30. The third kappa shape index (κ3) is 4.53. The fraction of sp³-hybridized carbons (Fsp3) is 0.667. The molecule has 0 aliphatic heterocycles. The highest BCUT2D eigenvalue weighted by atomic mass is 16.5. The van der Waals surface area contributed by atoms with E-state index in [4.69, 9.17) is 9.47 Å². The molecule has 3 atom stereocenters. The summed E-state index contributed by atoms with van der Waals surface area (Å²) in [7, 11) is 0. The lowest BCUT2D eigenvalue weighted by atomic mass is 9.97. The van der Waals surface area contributed by atoms with Gasteiger partial charge in [0.15, 0.2) is 0 Å². The van der Waals surface area contributed by atoms with E-state index < -0.39 is 0 Å². The van der Waals surface area contributed by atoms with Gasteiger partial charge in [0.05, 0.1) is 24.9 Å². The Morgan fingerprint density at radius 1 is 1.29 bits per heavy atom. The summed E-state index contributed by atoms with van der Waals surface area (Å²) in [6.07, 6.45) is 3.80. The van der Waals surface area contributed by atoms with Gasteiger partial charge in [0, 0.05) is 6.61 Å². The molecule has 0 amide bonds. The Morgan fingerprint density at radius 2 is 2.10 bits per heavy atom. The lowest BCUT2D eigenvalue weighted by molar-refractivity contribution is -0.0626. The van der Waals surface area contributed by atoms with Crippen LogP contribution in [-0.4, -0.2) is 32.0 Å². The average Bonchev–Trinajstić information content (AvgIpc) is 2.66. The van der Waals surface area contributed by atoms with Gasteiger partial charge in [0.2, 0.25) is 0 Å². The Balaban J connectivity index is 2.12. The predicted octanol–water partition coefficient (Wildman–Crippen LogP) is 3.48. The summed E-state index contributed by atoms with van der Waals surface area (Å²) >= 11 is 0. The molecule has 1 aliphatic rings. The molecule has 3 unspecified atom stereocenters. The van der Waals surface area contributed by atoms with E-state index in [1.165, 1.54) is 17.5 Å². The highest BCUT2D eigenvalue weighted by Crippen LogP contribution is 2.31. The van der Waals surface area contributed by atoms with Gasteiger partial charge in [-0.25, -0.2) is 0 Å². The second kappa shape index (κ2) is 8.52. The van der Waals surface area contributed by atoms with Crippen molar-refractivity contribution in [2.45, 2.75) is 58.3 Å². The molecule has 0 bridgehead atoms. The maximum atomic E-state index is 6.31. The van der Waals surface area contributed by atoms with Gasteiger partial charge in [0.25, 0.3) is 0 Å². The number of fused-ring (bicyclic) bond motifs is 1. The van der Waals surface area contributed by atoms with Crippen LogP contribution in [0.25, 0.3) is 0 Å². The van der Waals surface area contributed by atoms with Crippen LogP contribution < -0.4 is 5.32 Å². The highest BCUT2D eigenvalue weighted by Gasteiger charge is 2.28. The minimum Gasteiger partial charge on any atom is -0.379 e. The number of likely N-dealkylation sites (N-methyl/N-ethyl adjacent to an activating group) is 1. The van der Waals surface area contributed by atoms with Gasteiger partial charge in [0.1, 0.15) is 0 Å². The Bertz CT molecular complexity index is 421. The number of rotatable bonds is 7. The zero-order valence-corrected chi connectivity index (χ0v) is 13.6. The first-order valence-corrected chi connectivity index (χ1v) is 8.30. The molecule has 1 aliphatic carbocycles. The fourth-order valence-electron chi connectivity index (χ4n) is 3.16. The Hall–Kier alpha value is -0.900. The molecule has 0 spiro atoms. The molecular formula is C18H29NO2. The van der Waals surface area contributed by atoms with Crippen LogP contribution in [0.1, 0.15) is 50.8 Å². The first-order chi connectivity index (χ1) is 10.3. The van der Waals surface area contributed by atoms with E-state index in [9.17, 15) is 0 Å². The standard InChI is InChI=1S/C18H29NO2/c1-4-19-18-16-11-7-6-9-15(16)10-8-12-17(18)21-14(3)13-20-5-2/h6-7,9,11,14,17-19H,4-5,8,10,12-13H2,1-3H3. The quantitative estimate of drug-likeness (QED) is 0.780. The second-order valence-electron chi connectivity index (χ2n) is 5.77. The van der Waals surface area contributed by atoms with Crippen molar-refractivity contribution in [1.82, 2.24) is 5.32 Å². The highest BCUT2D eigenvalue weighted by molar-refractivity contribution is 5.32. The summed E-state index contributed by atoms with van der Waals surface area (Å²) < 4.78 is 11.8. The molecule has 21 heavy (non-hydrogen) atoms. The van der Waals surface area contributed by atoms with Crippen LogP contribution in [0.5, 0.6) is 0 Å². The lowest BCUT2D eigenvalue weighted by Crippen LogP contribution is -2.36. The largest absolute Gasteiger partial charge is 0.379 e. The fourth-order valence-corrected chi connectivity index (χ4v) is 3.16. The molecule has 118 valence electrons. The molecule has 0 aromatic heterocycles. The first kappa shape index (κ1) is 16.5. The number of aryl methyl sites for hydroxylation is 1. The molecule has 0 saturated heterocycles.